The summed E-state index contributed by atoms with van der Waals surface area (Å²) in [7, 11) is 2.01. The van der Waals surface area contributed by atoms with Gasteiger partial charge in [-0.1, -0.05) is 6.07 Å². The molecule has 0 amide bonds. The maximum Gasteiger partial charge on any atom is 0.226 e. The van der Waals surface area contributed by atoms with Crippen LogP contribution in [0.3, 0.4) is 0 Å². The van der Waals surface area contributed by atoms with Crippen LogP contribution in [0.25, 0.3) is 11.5 Å². The fraction of sp³-hybridized carbons (Fsp3) is 0.250. The summed E-state index contributed by atoms with van der Waals surface area (Å²) in [4.78, 5) is 10.9. The third-order valence-electron chi connectivity index (χ3n) is 3.27. The van der Waals surface area contributed by atoms with Gasteiger partial charge in [0.15, 0.2) is 0 Å². The standard InChI is InChI=1S/C16H16FN3OS/c1-11-14(9-20(2)10-15-18-6-7-22-15)19-16(21-11)12-4-3-5-13(17)8-12/h3-8H,9-10H2,1-2H3. The van der Waals surface area contributed by atoms with Gasteiger partial charge < -0.3 is 4.42 Å². The van der Waals surface area contributed by atoms with Crippen molar-refractivity contribution in [2.45, 2.75) is 20.0 Å². The maximum atomic E-state index is 13.3. The summed E-state index contributed by atoms with van der Waals surface area (Å²) in [5.41, 5.74) is 1.51. The SMILES string of the molecule is Cc1oc(-c2cccc(F)c2)nc1CN(C)Cc1nccs1. The molecule has 0 fully saturated rings. The molecule has 3 rings (SSSR count). The second-order valence-electron chi connectivity index (χ2n) is 5.13. The van der Waals surface area contributed by atoms with E-state index in [-0.39, 0.29) is 5.82 Å². The molecule has 0 atom stereocenters. The zero-order chi connectivity index (χ0) is 15.5. The largest absolute Gasteiger partial charge is 0.441 e. The van der Waals surface area contributed by atoms with Crippen LogP contribution in [0.5, 0.6) is 0 Å². The Hall–Kier alpha value is -2.05. The van der Waals surface area contributed by atoms with Gasteiger partial charge in [-0.2, -0.15) is 0 Å². The van der Waals surface area contributed by atoms with Crippen molar-refractivity contribution in [3.63, 3.8) is 0 Å². The van der Waals surface area contributed by atoms with Gasteiger partial charge in [0.1, 0.15) is 16.6 Å². The smallest absolute Gasteiger partial charge is 0.226 e. The molecule has 6 heteroatoms. The highest BCUT2D eigenvalue weighted by molar-refractivity contribution is 7.09. The molecule has 0 saturated carbocycles. The van der Waals surface area contributed by atoms with Gasteiger partial charge in [-0.3, -0.25) is 4.90 Å². The first-order chi connectivity index (χ1) is 10.6. The quantitative estimate of drug-likeness (QED) is 0.716. The summed E-state index contributed by atoms with van der Waals surface area (Å²) in [6.07, 6.45) is 1.80. The summed E-state index contributed by atoms with van der Waals surface area (Å²) in [5, 5.41) is 3.03. The third-order valence-corrected chi connectivity index (χ3v) is 4.04. The summed E-state index contributed by atoms with van der Waals surface area (Å²) in [5.74, 6) is 0.913. The van der Waals surface area contributed by atoms with Gasteiger partial charge in [-0.25, -0.2) is 14.4 Å². The van der Waals surface area contributed by atoms with Crippen molar-refractivity contribution >= 4 is 11.3 Å². The number of nitrogens with zero attached hydrogens (tertiary/aromatic N) is 3. The minimum absolute atomic E-state index is 0.296. The Morgan fingerprint density at radius 1 is 1.32 bits per heavy atom. The monoisotopic (exact) mass is 317 g/mol. The van der Waals surface area contributed by atoms with Gasteiger partial charge in [-0.05, 0) is 32.2 Å². The molecule has 0 bridgehead atoms. The van der Waals surface area contributed by atoms with E-state index in [0.717, 1.165) is 23.0 Å². The van der Waals surface area contributed by atoms with E-state index in [0.29, 0.717) is 18.0 Å². The van der Waals surface area contributed by atoms with E-state index >= 15 is 0 Å². The Bertz CT molecular complexity index is 755. The molecular weight excluding hydrogens is 301 g/mol. The van der Waals surface area contributed by atoms with Crippen LogP contribution in [-0.2, 0) is 13.1 Å². The van der Waals surface area contributed by atoms with Gasteiger partial charge >= 0.3 is 0 Å². The van der Waals surface area contributed by atoms with Crippen molar-refractivity contribution in [1.29, 1.82) is 0 Å². The average Bonchev–Trinajstić information content (AvgIpc) is 3.10. The first-order valence-electron chi connectivity index (χ1n) is 6.91. The van der Waals surface area contributed by atoms with E-state index in [4.69, 9.17) is 4.42 Å². The molecule has 0 spiro atoms. The average molecular weight is 317 g/mol. The van der Waals surface area contributed by atoms with Crippen LogP contribution in [0.2, 0.25) is 0 Å². The van der Waals surface area contributed by atoms with Crippen LogP contribution in [0, 0.1) is 12.7 Å². The van der Waals surface area contributed by atoms with Crippen molar-refractivity contribution in [2.75, 3.05) is 7.05 Å². The Balaban J connectivity index is 1.75. The van der Waals surface area contributed by atoms with Crippen molar-refractivity contribution < 1.29 is 8.81 Å². The van der Waals surface area contributed by atoms with E-state index < -0.39 is 0 Å². The van der Waals surface area contributed by atoms with Gasteiger partial charge in [0, 0.05) is 23.7 Å². The Labute approximate surface area is 132 Å². The molecule has 22 heavy (non-hydrogen) atoms. The molecule has 0 N–H and O–H groups in total. The molecule has 0 aliphatic carbocycles. The molecule has 0 radical (unpaired) electrons. The highest BCUT2D eigenvalue weighted by atomic mass is 32.1. The molecule has 1 aromatic carbocycles. The lowest BCUT2D eigenvalue weighted by atomic mass is 10.2. The number of benzene rings is 1. The second kappa shape index (κ2) is 6.37. The lowest BCUT2D eigenvalue weighted by molar-refractivity contribution is 0.313. The normalized spacial score (nSPS) is 11.3. The topological polar surface area (TPSA) is 42.2 Å². The number of aryl methyl sites for hydroxylation is 1. The van der Waals surface area contributed by atoms with Gasteiger partial charge in [0.2, 0.25) is 5.89 Å². The molecular formula is C16H16FN3OS. The van der Waals surface area contributed by atoms with Crippen LogP contribution in [-0.4, -0.2) is 21.9 Å². The molecule has 3 aromatic rings. The molecule has 0 aliphatic rings. The molecule has 2 heterocycles. The number of rotatable bonds is 5. The lowest BCUT2D eigenvalue weighted by Crippen LogP contribution is -2.17. The fourth-order valence-electron chi connectivity index (χ4n) is 2.19. The molecule has 0 saturated heterocycles. The van der Waals surface area contributed by atoms with Gasteiger partial charge in [0.05, 0.1) is 12.2 Å². The predicted molar refractivity (Wildman–Crippen MR) is 83.9 cm³/mol. The van der Waals surface area contributed by atoms with Gasteiger partial charge in [-0.15, -0.1) is 11.3 Å². The van der Waals surface area contributed by atoms with Crippen LogP contribution in [0.1, 0.15) is 16.5 Å². The zero-order valence-corrected chi connectivity index (χ0v) is 13.2. The Morgan fingerprint density at radius 2 is 2.18 bits per heavy atom. The third kappa shape index (κ3) is 3.40. The second-order valence-corrected chi connectivity index (χ2v) is 6.11. The predicted octanol–water partition coefficient (Wildman–Crippen LogP) is 3.88. The number of hydrogen-bond donors (Lipinski definition) is 0. The molecule has 4 nitrogen and oxygen atoms in total. The summed E-state index contributed by atoms with van der Waals surface area (Å²) in [6.45, 7) is 3.30. The summed E-state index contributed by atoms with van der Waals surface area (Å²) >= 11 is 1.63. The highest BCUT2D eigenvalue weighted by Gasteiger charge is 2.14. The molecule has 0 aliphatic heterocycles. The van der Waals surface area contributed by atoms with E-state index in [1.54, 1.807) is 29.7 Å². The van der Waals surface area contributed by atoms with Gasteiger partial charge in [0.25, 0.3) is 0 Å². The van der Waals surface area contributed by atoms with Crippen LogP contribution >= 0.6 is 11.3 Å². The van der Waals surface area contributed by atoms with Crippen LogP contribution < -0.4 is 0 Å². The Kier molecular flexibility index (Phi) is 4.31. The number of thiazole rings is 1. The molecule has 0 unspecified atom stereocenters. The summed E-state index contributed by atoms with van der Waals surface area (Å²) < 4.78 is 19.0. The zero-order valence-electron chi connectivity index (χ0n) is 12.4. The van der Waals surface area contributed by atoms with Crippen molar-refractivity contribution in [1.82, 2.24) is 14.9 Å². The maximum absolute atomic E-state index is 13.3. The Morgan fingerprint density at radius 3 is 2.91 bits per heavy atom. The molecule has 114 valence electrons. The van der Waals surface area contributed by atoms with Crippen LogP contribution in [0.15, 0.2) is 40.3 Å². The van der Waals surface area contributed by atoms with E-state index in [1.807, 2.05) is 19.4 Å². The lowest BCUT2D eigenvalue weighted by Gasteiger charge is -2.13. The van der Waals surface area contributed by atoms with Crippen molar-refractivity contribution in [3.05, 3.63) is 58.1 Å². The molecule has 2 aromatic heterocycles. The minimum Gasteiger partial charge on any atom is -0.441 e. The van der Waals surface area contributed by atoms with Crippen molar-refractivity contribution in [3.8, 4) is 11.5 Å². The first kappa shape index (κ1) is 14.9. The number of hydrogen-bond acceptors (Lipinski definition) is 5. The number of aromatic nitrogens is 2. The summed E-state index contributed by atoms with van der Waals surface area (Å²) in [6, 6.07) is 6.27. The fourth-order valence-corrected chi connectivity index (χ4v) is 2.89. The van der Waals surface area contributed by atoms with E-state index in [2.05, 4.69) is 14.9 Å². The highest BCUT2D eigenvalue weighted by Crippen LogP contribution is 2.23. The number of oxazole rings is 1. The van der Waals surface area contributed by atoms with Crippen LogP contribution in [0.4, 0.5) is 4.39 Å². The minimum atomic E-state index is -0.296. The van der Waals surface area contributed by atoms with Crippen molar-refractivity contribution in [2.24, 2.45) is 0 Å². The number of halogens is 1. The van der Waals surface area contributed by atoms with E-state index in [9.17, 15) is 4.39 Å². The van der Waals surface area contributed by atoms with E-state index in [1.165, 1.54) is 12.1 Å². The first-order valence-corrected chi connectivity index (χ1v) is 7.79.